The first-order valence-electron chi connectivity index (χ1n) is 6.64. The number of benzene rings is 3. The summed E-state index contributed by atoms with van der Waals surface area (Å²) in [5.74, 6) is -3.97. The van der Waals surface area contributed by atoms with Gasteiger partial charge < -0.3 is 25.5 Å². The fourth-order valence-electron chi connectivity index (χ4n) is 2.63. The number of aromatic hydroxyl groups is 4. The second-order valence-corrected chi connectivity index (χ2v) is 4.97. The standard InChI is InChI=1S/C17H12O6/c18-10-7-6-9-12(14(10)19)11(8-4-2-1-3-5-8)15(20)16(21)13(9)17(22)23/h1-7,18-21H,(H,22,23). The Morgan fingerprint density at radius 1 is 0.783 bits per heavy atom. The predicted octanol–water partition coefficient (Wildman–Crippen LogP) is 3.03. The molecule has 0 unspecified atom stereocenters. The maximum atomic E-state index is 11.4. The lowest BCUT2D eigenvalue weighted by Crippen LogP contribution is -2.00. The number of aromatic carboxylic acids is 1. The SMILES string of the molecule is O=C(O)c1c(O)c(O)c(-c2ccccc2)c2c(O)c(O)ccc12. The molecule has 3 rings (SSSR count). The van der Waals surface area contributed by atoms with Gasteiger partial charge in [-0.2, -0.15) is 0 Å². The molecule has 0 fully saturated rings. The Balaban J connectivity index is 2.60. The molecule has 6 heteroatoms. The highest BCUT2D eigenvalue weighted by Gasteiger charge is 2.26. The zero-order valence-corrected chi connectivity index (χ0v) is 11.7. The van der Waals surface area contributed by atoms with E-state index in [0.717, 1.165) is 6.07 Å². The van der Waals surface area contributed by atoms with Crippen LogP contribution in [0.3, 0.4) is 0 Å². The third-order valence-corrected chi connectivity index (χ3v) is 3.65. The molecule has 0 bridgehead atoms. The molecule has 3 aromatic carbocycles. The summed E-state index contributed by atoms with van der Waals surface area (Å²) in [5, 5.41) is 49.5. The van der Waals surface area contributed by atoms with Crippen LogP contribution < -0.4 is 0 Å². The maximum Gasteiger partial charge on any atom is 0.340 e. The quantitative estimate of drug-likeness (QED) is 0.464. The second kappa shape index (κ2) is 5.10. The highest BCUT2D eigenvalue weighted by atomic mass is 16.4. The molecule has 5 N–H and O–H groups in total. The van der Waals surface area contributed by atoms with E-state index in [1.807, 2.05) is 0 Å². The van der Waals surface area contributed by atoms with Crippen LogP contribution in [-0.4, -0.2) is 31.5 Å². The summed E-state index contributed by atoms with van der Waals surface area (Å²) < 4.78 is 0. The van der Waals surface area contributed by atoms with Gasteiger partial charge in [0.25, 0.3) is 0 Å². The molecule has 0 aliphatic heterocycles. The number of carboxylic acids is 1. The molecule has 0 saturated heterocycles. The highest BCUT2D eigenvalue weighted by Crippen LogP contribution is 2.50. The minimum atomic E-state index is -1.47. The van der Waals surface area contributed by atoms with Crippen molar-refractivity contribution in [2.45, 2.75) is 0 Å². The molecule has 0 aliphatic carbocycles. The van der Waals surface area contributed by atoms with Gasteiger partial charge in [0.15, 0.2) is 23.0 Å². The van der Waals surface area contributed by atoms with E-state index in [1.165, 1.54) is 6.07 Å². The van der Waals surface area contributed by atoms with Crippen LogP contribution in [0.2, 0.25) is 0 Å². The molecule has 3 aromatic rings. The van der Waals surface area contributed by atoms with Crippen LogP contribution >= 0.6 is 0 Å². The summed E-state index contributed by atoms with van der Waals surface area (Å²) in [6.45, 7) is 0. The van der Waals surface area contributed by atoms with E-state index >= 15 is 0 Å². The summed E-state index contributed by atoms with van der Waals surface area (Å²) >= 11 is 0. The van der Waals surface area contributed by atoms with Gasteiger partial charge in [0, 0.05) is 16.3 Å². The summed E-state index contributed by atoms with van der Waals surface area (Å²) in [5.41, 5.74) is -0.0629. The van der Waals surface area contributed by atoms with Crippen LogP contribution in [0.1, 0.15) is 10.4 Å². The van der Waals surface area contributed by atoms with E-state index in [2.05, 4.69) is 0 Å². The Kier molecular flexibility index (Phi) is 3.22. The van der Waals surface area contributed by atoms with E-state index in [1.54, 1.807) is 30.3 Å². The van der Waals surface area contributed by atoms with Gasteiger partial charge in [0.1, 0.15) is 5.56 Å². The number of hydrogen-bond donors (Lipinski definition) is 5. The van der Waals surface area contributed by atoms with Crippen molar-refractivity contribution < 1.29 is 30.3 Å². The first kappa shape index (κ1) is 14.5. The van der Waals surface area contributed by atoms with Crippen molar-refractivity contribution in [1.82, 2.24) is 0 Å². The molecule has 0 amide bonds. The Bertz CT molecular complexity index is 931. The van der Waals surface area contributed by atoms with Crippen LogP contribution in [0.15, 0.2) is 42.5 Å². The van der Waals surface area contributed by atoms with Crippen molar-refractivity contribution in [1.29, 1.82) is 0 Å². The second-order valence-electron chi connectivity index (χ2n) is 4.97. The van der Waals surface area contributed by atoms with Crippen LogP contribution in [0.5, 0.6) is 23.0 Å². The van der Waals surface area contributed by atoms with Crippen LogP contribution in [0.25, 0.3) is 21.9 Å². The monoisotopic (exact) mass is 312 g/mol. The minimum absolute atomic E-state index is 0.00181. The molecule has 116 valence electrons. The van der Waals surface area contributed by atoms with Gasteiger partial charge in [-0.05, 0) is 17.7 Å². The number of rotatable bonds is 2. The average molecular weight is 312 g/mol. The molecule has 0 aliphatic rings. The first-order chi connectivity index (χ1) is 10.9. The third-order valence-electron chi connectivity index (χ3n) is 3.65. The number of carboxylic acid groups (broad SMARTS) is 1. The highest BCUT2D eigenvalue weighted by molar-refractivity contribution is 6.15. The van der Waals surface area contributed by atoms with Gasteiger partial charge in [-0.1, -0.05) is 30.3 Å². The van der Waals surface area contributed by atoms with Crippen LogP contribution in [0.4, 0.5) is 0 Å². The summed E-state index contributed by atoms with van der Waals surface area (Å²) in [7, 11) is 0. The van der Waals surface area contributed by atoms with Gasteiger partial charge in [0.2, 0.25) is 0 Å². The Morgan fingerprint density at radius 3 is 2.04 bits per heavy atom. The number of phenolic OH excluding ortho intramolecular Hbond substituents is 3. The van der Waals surface area contributed by atoms with Crippen molar-refractivity contribution in [2.24, 2.45) is 0 Å². The van der Waals surface area contributed by atoms with Crippen LogP contribution in [-0.2, 0) is 0 Å². The normalized spacial score (nSPS) is 10.8. The summed E-state index contributed by atoms with van der Waals surface area (Å²) in [6, 6.07) is 10.7. The molecule has 6 nitrogen and oxygen atoms in total. The molecule has 0 heterocycles. The average Bonchev–Trinajstić information content (AvgIpc) is 2.53. The maximum absolute atomic E-state index is 11.4. The Morgan fingerprint density at radius 2 is 1.43 bits per heavy atom. The van der Waals surface area contributed by atoms with E-state index in [9.17, 15) is 30.3 Å². The lowest BCUT2D eigenvalue weighted by molar-refractivity contribution is 0.0695. The van der Waals surface area contributed by atoms with E-state index in [4.69, 9.17) is 0 Å². The smallest absolute Gasteiger partial charge is 0.340 e. The molecular formula is C17H12O6. The van der Waals surface area contributed by atoms with E-state index in [0.29, 0.717) is 5.56 Å². The summed E-state index contributed by atoms with van der Waals surface area (Å²) in [6.07, 6.45) is 0. The molecular weight excluding hydrogens is 300 g/mol. The zero-order valence-electron chi connectivity index (χ0n) is 11.7. The molecule has 0 aromatic heterocycles. The lowest BCUT2D eigenvalue weighted by Gasteiger charge is -2.15. The minimum Gasteiger partial charge on any atom is -0.504 e. The van der Waals surface area contributed by atoms with E-state index in [-0.39, 0.29) is 16.3 Å². The third kappa shape index (κ3) is 2.08. The Labute approximate surface area is 130 Å². The van der Waals surface area contributed by atoms with E-state index < -0.39 is 34.5 Å². The lowest BCUT2D eigenvalue weighted by atomic mass is 9.92. The largest absolute Gasteiger partial charge is 0.504 e. The van der Waals surface area contributed by atoms with Crippen molar-refractivity contribution >= 4 is 16.7 Å². The molecule has 0 radical (unpaired) electrons. The topological polar surface area (TPSA) is 118 Å². The van der Waals surface area contributed by atoms with Gasteiger partial charge in [0.05, 0.1) is 0 Å². The van der Waals surface area contributed by atoms with Gasteiger partial charge in [-0.3, -0.25) is 0 Å². The number of phenols is 4. The molecule has 23 heavy (non-hydrogen) atoms. The van der Waals surface area contributed by atoms with Crippen molar-refractivity contribution in [2.75, 3.05) is 0 Å². The fourth-order valence-corrected chi connectivity index (χ4v) is 2.63. The van der Waals surface area contributed by atoms with Gasteiger partial charge in [-0.25, -0.2) is 4.79 Å². The zero-order chi connectivity index (χ0) is 16.7. The predicted molar refractivity (Wildman–Crippen MR) is 83.0 cm³/mol. The molecule has 0 spiro atoms. The van der Waals surface area contributed by atoms with Gasteiger partial charge in [-0.15, -0.1) is 0 Å². The number of carbonyl (C=O) groups is 1. The fraction of sp³-hybridized carbons (Fsp3) is 0. The van der Waals surface area contributed by atoms with Crippen molar-refractivity contribution in [3.63, 3.8) is 0 Å². The van der Waals surface area contributed by atoms with Crippen molar-refractivity contribution in [3.8, 4) is 34.1 Å². The van der Waals surface area contributed by atoms with Gasteiger partial charge >= 0.3 is 5.97 Å². The number of fused-ring (bicyclic) bond motifs is 1. The summed E-state index contributed by atoms with van der Waals surface area (Å²) in [4.78, 5) is 11.4. The van der Waals surface area contributed by atoms with Crippen molar-refractivity contribution in [3.05, 3.63) is 48.0 Å². The molecule has 0 atom stereocenters. The van der Waals surface area contributed by atoms with Crippen LogP contribution in [0, 0.1) is 0 Å². The Hall–Kier alpha value is -3.41. The molecule has 0 saturated carbocycles. The first-order valence-corrected chi connectivity index (χ1v) is 6.64. The number of hydrogen-bond acceptors (Lipinski definition) is 5.